The number of hydrogen-bond acceptors (Lipinski definition) is 4. The van der Waals surface area contributed by atoms with E-state index in [0.29, 0.717) is 11.3 Å². The molecule has 0 spiro atoms. The first-order chi connectivity index (χ1) is 12.9. The normalized spacial score (nSPS) is 11.0. The summed E-state index contributed by atoms with van der Waals surface area (Å²) in [4.78, 5) is 16.3. The lowest BCUT2D eigenvalue weighted by molar-refractivity contribution is 0.0950. The summed E-state index contributed by atoms with van der Waals surface area (Å²) in [5.74, 6) is -0.796. The van der Waals surface area contributed by atoms with Crippen molar-refractivity contribution < 1.29 is 17.6 Å². The number of pyridine rings is 1. The van der Waals surface area contributed by atoms with Crippen molar-refractivity contribution in [3.8, 4) is 0 Å². The summed E-state index contributed by atoms with van der Waals surface area (Å²) in [5.41, 5.74) is 1.29. The van der Waals surface area contributed by atoms with E-state index in [9.17, 15) is 17.6 Å². The van der Waals surface area contributed by atoms with Crippen molar-refractivity contribution in [1.29, 1.82) is 0 Å². The first kappa shape index (κ1) is 18.5. The average molecular weight is 385 g/mol. The van der Waals surface area contributed by atoms with Crippen LogP contribution >= 0.6 is 0 Å². The van der Waals surface area contributed by atoms with Crippen molar-refractivity contribution in [3.05, 3.63) is 90.0 Å². The molecule has 1 amide bonds. The minimum Gasteiger partial charge on any atom is -0.346 e. The van der Waals surface area contributed by atoms with Gasteiger partial charge in [-0.2, -0.15) is 0 Å². The summed E-state index contributed by atoms with van der Waals surface area (Å²) in [7, 11) is -3.84. The molecule has 8 heteroatoms. The zero-order chi connectivity index (χ0) is 19.3. The van der Waals surface area contributed by atoms with Crippen molar-refractivity contribution in [2.75, 3.05) is 4.72 Å². The third-order valence-electron chi connectivity index (χ3n) is 3.68. The largest absolute Gasteiger partial charge is 0.346 e. The maximum Gasteiger partial charge on any atom is 0.261 e. The molecular formula is C19H16FN3O3S. The standard InChI is InChI=1S/C19H16FN3O3S/c20-15-6-8-16(9-7-15)23-27(25,26)18-10-4-14(5-11-18)19(24)22-13-17-3-1-2-12-21-17/h1-12,23H,13H2,(H,22,24). The van der Waals surface area contributed by atoms with Crippen molar-refractivity contribution in [2.45, 2.75) is 11.4 Å². The zero-order valence-electron chi connectivity index (χ0n) is 14.1. The predicted molar refractivity (Wildman–Crippen MR) is 99.1 cm³/mol. The average Bonchev–Trinajstić information content (AvgIpc) is 2.69. The molecule has 0 aliphatic rings. The molecule has 0 bridgehead atoms. The lowest BCUT2D eigenvalue weighted by Crippen LogP contribution is -2.23. The highest BCUT2D eigenvalue weighted by Gasteiger charge is 2.15. The smallest absolute Gasteiger partial charge is 0.261 e. The SMILES string of the molecule is O=C(NCc1ccccn1)c1ccc(S(=O)(=O)Nc2ccc(F)cc2)cc1. The lowest BCUT2D eigenvalue weighted by atomic mass is 10.2. The number of nitrogens with zero attached hydrogens (tertiary/aromatic N) is 1. The van der Waals surface area contributed by atoms with E-state index in [2.05, 4.69) is 15.0 Å². The van der Waals surface area contributed by atoms with Crippen molar-refractivity contribution in [1.82, 2.24) is 10.3 Å². The van der Waals surface area contributed by atoms with Gasteiger partial charge in [0.15, 0.2) is 0 Å². The van der Waals surface area contributed by atoms with E-state index in [1.54, 1.807) is 18.3 Å². The third-order valence-corrected chi connectivity index (χ3v) is 5.08. The van der Waals surface area contributed by atoms with Crippen molar-refractivity contribution in [3.63, 3.8) is 0 Å². The molecule has 0 atom stereocenters. The topological polar surface area (TPSA) is 88.2 Å². The summed E-state index contributed by atoms with van der Waals surface area (Å²) < 4.78 is 40.0. The molecule has 0 aliphatic carbocycles. The van der Waals surface area contributed by atoms with E-state index in [1.807, 2.05) is 6.07 Å². The Kier molecular flexibility index (Phi) is 5.46. The molecule has 2 N–H and O–H groups in total. The van der Waals surface area contributed by atoms with Gasteiger partial charge in [0, 0.05) is 17.4 Å². The zero-order valence-corrected chi connectivity index (χ0v) is 14.9. The molecule has 0 fully saturated rings. The van der Waals surface area contributed by atoms with Gasteiger partial charge in [-0.05, 0) is 60.7 Å². The molecule has 0 aliphatic heterocycles. The van der Waals surface area contributed by atoms with Gasteiger partial charge in [0.2, 0.25) is 0 Å². The number of aromatic nitrogens is 1. The quantitative estimate of drug-likeness (QED) is 0.683. The molecule has 3 rings (SSSR count). The molecule has 1 aromatic heterocycles. The van der Waals surface area contributed by atoms with Gasteiger partial charge in [0.1, 0.15) is 5.82 Å². The number of halogens is 1. The fourth-order valence-corrected chi connectivity index (χ4v) is 3.35. The van der Waals surface area contributed by atoms with E-state index in [4.69, 9.17) is 0 Å². The maximum absolute atomic E-state index is 12.9. The van der Waals surface area contributed by atoms with Gasteiger partial charge in [-0.3, -0.25) is 14.5 Å². The van der Waals surface area contributed by atoms with Crippen LogP contribution in [0.25, 0.3) is 0 Å². The van der Waals surface area contributed by atoms with Crippen LogP contribution in [0.4, 0.5) is 10.1 Å². The molecule has 0 radical (unpaired) electrons. The summed E-state index contributed by atoms with van der Waals surface area (Å²) >= 11 is 0. The molecule has 6 nitrogen and oxygen atoms in total. The highest BCUT2D eigenvalue weighted by molar-refractivity contribution is 7.92. The van der Waals surface area contributed by atoms with Crippen molar-refractivity contribution >= 4 is 21.6 Å². The van der Waals surface area contributed by atoms with Gasteiger partial charge in [-0.15, -0.1) is 0 Å². The van der Waals surface area contributed by atoms with E-state index < -0.39 is 15.8 Å². The highest BCUT2D eigenvalue weighted by Crippen LogP contribution is 2.17. The predicted octanol–water partition coefficient (Wildman–Crippen LogP) is 2.95. The molecule has 0 unspecified atom stereocenters. The second-order valence-electron chi connectivity index (χ2n) is 5.64. The van der Waals surface area contributed by atoms with Crippen LogP contribution in [-0.4, -0.2) is 19.3 Å². The number of anilines is 1. The molecule has 0 saturated carbocycles. The van der Waals surface area contributed by atoms with Gasteiger partial charge in [0.05, 0.1) is 17.1 Å². The first-order valence-corrected chi connectivity index (χ1v) is 9.49. The van der Waals surface area contributed by atoms with Gasteiger partial charge in [-0.1, -0.05) is 6.07 Å². The van der Waals surface area contributed by atoms with Crippen LogP contribution in [0.1, 0.15) is 16.1 Å². The molecule has 3 aromatic rings. The Bertz CT molecular complexity index is 1020. The highest BCUT2D eigenvalue weighted by atomic mass is 32.2. The van der Waals surface area contributed by atoms with Crippen LogP contribution in [0.3, 0.4) is 0 Å². The molecule has 1 heterocycles. The number of rotatable bonds is 6. The Hall–Kier alpha value is -3.26. The fourth-order valence-electron chi connectivity index (χ4n) is 2.29. The Balaban J connectivity index is 1.66. The van der Waals surface area contributed by atoms with Gasteiger partial charge >= 0.3 is 0 Å². The van der Waals surface area contributed by atoms with Crippen LogP contribution < -0.4 is 10.0 Å². The first-order valence-electron chi connectivity index (χ1n) is 8.01. The van der Waals surface area contributed by atoms with Crippen LogP contribution in [0, 0.1) is 5.82 Å². The van der Waals surface area contributed by atoms with Crippen molar-refractivity contribution in [2.24, 2.45) is 0 Å². The van der Waals surface area contributed by atoms with E-state index >= 15 is 0 Å². The van der Waals surface area contributed by atoms with E-state index in [-0.39, 0.29) is 23.0 Å². The molecule has 0 saturated heterocycles. The van der Waals surface area contributed by atoms with E-state index in [1.165, 1.54) is 36.4 Å². The summed E-state index contributed by atoms with van der Waals surface area (Å²) in [6, 6.07) is 15.9. The van der Waals surface area contributed by atoms with Crippen LogP contribution in [-0.2, 0) is 16.6 Å². The Morgan fingerprint density at radius 1 is 0.963 bits per heavy atom. The Morgan fingerprint density at radius 3 is 2.30 bits per heavy atom. The Labute approximate surface area is 156 Å². The van der Waals surface area contributed by atoms with Gasteiger partial charge in [-0.25, -0.2) is 12.8 Å². The third kappa shape index (κ3) is 4.89. The number of carbonyl (C=O) groups excluding carboxylic acids is 1. The monoisotopic (exact) mass is 385 g/mol. The number of nitrogens with one attached hydrogen (secondary N) is 2. The number of benzene rings is 2. The lowest BCUT2D eigenvalue weighted by Gasteiger charge is -2.09. The second kappa shape index (κ2) is 7.96. The van der Waals surface area contributed by atoms with E-state index in [0.717, 1.165) is 12.1 Å². The maximum atomic E-state index is 12.9. The number of amides is 1. The summed E-state index contributed by atoms with van der Waals surface area (Å²) in [5, 5.41) is 2.72. The minimum absolute atomic E-state index is 0.00639. The minimum atomic E-state index is -3.84. The van der Waals surface area contributed by atoms with Crippen LogP contribution in [0.5, 0.6) is 0 Å². The van der Waals surface area contributed by atoms with Gasteiger partial charge in [0.25, 0.3) is 15.9 Å². The number of sulfonamides is 1. The Morgan fingerprint density at radius 2 is 1.67 bits per heavy atom. The number of hydrogen-bond donors (Lipinski definition) is 2. The van der Waals surface area contributed by atoms with Crippen LogP contribution in [0.2, 0.25) is 0 Å². The molecule has 27 heavy (non-hydrogen) atoms. The number of carbonyl (C=O) groups is 1. The molecule has 2 aromatic carbocycles. The molecular weight excluding hydrogens is 369 g/mol. The van der Waals surface area contributed by atoms with Gasteiger partial charge < -0.3 is 5.32 Å². The van der Waals surface area contributed by atoms with Crippen LogP contribution in [0.15, 0.2) is 77.8 Å². The summed E-state index contributed by atoms with van der Waals surface area (Å²) in [6.07, 6.45) is 1.63. The second-order valence-corrected chi connectivity index (χ2v) is 7.32. The molecule has 138 valence electrons. The summed E-state index contributed by atoms with van der Waals surface area (Å²) in [6.45, 7) is 0.270. The fraction of sp³-hybridized carbons (Fsp3) is 0.0526.